The average Bonchev–Trinajstić information content (AvgIpc) is 2.51. The predicted octanol–water partition coefficient (Wildman–Crippen LogP) is 0.0838. The van der Waals surface area contributed by atoms with Crippen LogP contribution in [0.5, 0.6) is 0 Å². The number of imidazole rings is 1. The first-order chi connectivity index (χ1) is 7.25. The van der Waals surface area contributed by atoms with E-state index in [0.29, 0.717) is 13.1 Å². The molecule has 15 heavy (non-hydrogen) atoms. The minimum Gasteiger partial charge on any atom is -0.330 e. The molecule has 0 radical (unpaired) electrons. The summed E-state index contributed by atoms with van der Waals surface area (Å²) in [6.45, 7) is 1.21. The van der Waals surface area contributed by atoms with Gasteiger partial charge in [0.25, 0.3) is 0 Å². The molecule has 5 heteroatoms. The van der Waals surface area contributed by atoms with Crippen molar-refractivity contribution in [2.24, 2.45) is 12.8 Å². The van der Waals surface area contributed by atoms with Crippen molar-refractivity contribution < 1.29 is 0 Å². The van der Waals surface area contributed by atoms with Gasteiger partial charge in [0, 0.05) is 19.8 Å². The maximum absolute atomic E-state index is 11.8. The van der Waals surface area contributed by atoms with Crippen LogP contribution in [-0.4, -0.2) is 20.7 Å². The Balaban J connectivity index is 2.62. The molecule has 5 nitrogen and oxygen atoms in total. The van der Waals surface area contributed by atoms with Crippen LogP contribution >= 0.6 is 0 Å². The van der Waals surface area contributed by atoms with E-state index in [9.17, 15) is 4.79 Å². The fourth-order valence-corrected chi connectivity index (χ4v) is 1.68. The summed E-state index contributed by atoms with van der Waals surface area (Å²) in [5.74, 6) is 0. The lowest BCUT2D eigenvalue weighted by molar-refractivity contribution is 0.627. The van der Waals surface area contributed by atoms with Crippen LogP contribution in [0.1, 0.15) is 6.42 Å². The monoisotopic (exact) mass is 206 g/mol. The van der Waals surface area contributed by atoms with Crippen molar-refractivity contribution >= 4 is 11.2 Å². The first kappa shape index (κ1) is 9.92. The van der Waals surface area contributed by atoms with Gasteiger partial charge in [-0.1, -0.05) is 0 Å². The van der Waals surface area contributed by atoms with Crippen molar-refractivity contribution in [2.45, 2.75) is 13.0 Å². The fourth-order valence-electron chi connectivity index (χ4n) is 1.68. The van der Waals surface area contributed by atoms with Crippen molar-refractivity contribution in [1.29, 1.82) is 0 Å². The minimum absolute atomic E-state index is 0.0304. The third kappa shape index (κ3) is 1.55. The van der Waals surface area contributed by atoms with Gasteiger partial charge in [-0.2, -0.15) is 0 Å². The van der Waals surface area contributed by atoms with Gasteiger partial charge in [-0.05, 0) is 25.1 Å². The molecule has 2 aromatic heterocycles. The highest BCUT2D eigenvalue weighted by Gasteiger charge is 2.09. The van der Waals surface area contributed by atoms with Gasteiger partial charge in [-0.15, -0.1) is 0 Å². The first-order valence-corrected chi connectivity index (χ1v) is 4.96. The summed E-state index contributed by atoms with van der Waals surface area (Å²) in [6, 6.07) is 3.72. The van der Waals surface area contributed by atoms with E-state index < -0.39 is 0 Å². The molecule has 0 fully saturated rings. The molecule has 0 aliphatic carbocycles. The van der Waals surface area contributed by atoms with Crippen LogP contribution in [0.3, 0.4) is 0 Å². The van der Waals surface area contributed by atoms with Gasteiger partial charge in [0.2, 0.25) is 0 Å². The Morgan fingerprint density at radius 1 is 1.53 bits per heavy atom. The molecule has 0 aliphatic heterocycles. The van der Waals surface area contributed by atoms with Gasteiger partial charge >= 0.3 is 5.69 Å². The summed E-state index contributed by atoms with van der Waals surface area (Å²) in [6.07, 6.45) is 2.48. The molecule has 80 valence electrons. The van der Waals surface area contributed by atoms with Crippen LogP contribution in [0.15, 0.2) is 23.1 Å². The smallest absolute Gasteiger partial charge is 0.330 e. The fraction of sp³-hybridized carbons (Fsp3) is 0.400. The van der Waals surface area contributed by atoms with Crippen molar-refractivity contribution in [2.75, 3.05) is 6.54 Å². The summed E-state index contributed by atoms with van der Waals surface area (Å²) in [4.78, 5) is 16.1. The summed E-state index contributed by atoms with van der Waals surface area (Å²) in [5, 5.41) is 0. The van der Waals surface area contributed by atoms with Crippen LogP contribution in [-0.2, 0) is 13.6 Å². The van der Waals surface area contributed by atoms with E-state index in [-0.39, 0.29) is 5.69 Å². The molecule has 0 aliphatic rings. The third-order valence-corrected chi connectivity index (χ3v) is 2.49. The van der Waals surface area contributed by atoms with E-state index >= 15 is 0 Å². The van der Waals surface area contributed by atoms with Crippen molar-refractivity contribution in [3.8, 4) is 0 Å². The molecule has 0 spiro atoms. The number of hydrogen-bond donors (Lipinski definition) is 1. The highest BCUT2D eigenvalue weighted by Crippen LogP contribution is 2.08. The van der Waals surface area contributed by atoms with Crippen molar-refractivity contribution in [3.05, 3.63) is 28.8 Å². The molecule has 2 rings (SSSR count). The third-order valence-electron chi connectivity index (χ3n) is 2.49. The number of fused-ring (bicyclic) bond motifs is 1. The van der Waals surface area contributed by atoms with Gasteiger partial charge in [0.1, 0.15) is 0 Å². The SMILES string of the molecule is Cn1c(=O)n(CCCN)c2ncccc21. The molecule has 0 atom stereocenters. The number of rotatable bonds is 3. The number of pyridine rings is 1. The largest absolute Gasteiger partial charge is 0.330 e. The van der Waals surface area contributed by atoms with Gasteiger partial charge in [0.15, 0.2) is 5.65 Å². The first-order valence-electron chi connectivity index (χ1n) is 4.96. The molecular formula is C10H14N4O. The summed E-state index contributed by atoms with van der Waals surface area (Å²) >= 11 is 0. The van der Waals surface area contributed by atoms with E-state index in [4.69, 9.17) is 5.73 Å². The topological polar surface area (TPSA) is 65.8 Å². The van der Waals surface area contributed by atoms with E-state index in [1.54, 1.807) is 22.4 Å². The Bertz CT molecular complexity index is 526. The van der Waals surface area contributed by atoms with Crippen molar-refractivity contribution in [3.63, 3.8) is 0 Å². The number of nitrogens with two attached hydrogens (primary N) is 1. The van der Waals surface area contributed by atoms with Crippen LogP contribution in [0.2, 0.25) is 0 Å². The highest BCUT2D eigenvalue weighted by molar-refractivity contribution is 5.71. The van der Waals surface area contributed by atoms with Gasteiger partial charge in [-0.25, -0.2) is 9.78 Å². The minimum atomic E-state index is -0.0304. The zero-order valence-electron chi connectivity index (χ0n) is 8.68. The maximum atomic E-state index is 11.8. The summed E-state index contributed by atoms with van der Waals surface area (Å²) in [7, 11) is 1.76. The average molecular weight is 206 g/mol. The van der Waals surface area contributed by atoms with E-state index in [1.807, 2.05) is 12.1 Å². The van der Waals surface area contributed by atoms with Gasteiger partial charge < -0.3 is 5.73 Å². The molecule has 0 amide bonds. The van der Waals surface area contributed by atoms with Crippen LogP contribution in [0.25, 0.3) is 11.2 Å². The molecular weight excluding hydrogens is 192 g/mol. The quantitative estimate of drug-likeness (QED) is 0.773. The van der Waals surface area contributed by atoms with Gasteiger partial charge in [0.05, 0.1) is 5.52 Å². The van der Waals surface area contributed by atoms with E-state index in [2.05, 4.69) is 4.98 Å². The van der Waals surface area contributed by atoms with Crippen molar-refractivity contribution in [1.82, 2.24) is 14.1 Å². The standard InChI is InChI=1S/C10H14N4O/c1-13-8-4-2-6-12-9(8)14(10(13)15)7-3-5-11/h2,4,6H,3,5,7,11H2,1H3. The molecule has 0 bridgehead atoms. The lowest BCUT2D eigenvalue weighted by Gasteiger charge is -1.99. The number of hydrogen-bond acceptors (Lipinski definition) is 3. The highest BCUT2D eigenvalue weighted by atomic mass is 16.1. The molecule has 0 unspecified atom stereocenters. The molecule has 0 saturated heterocycles. The Labute approximate surface area is 87.1 Å². The molecule has 2 aromatic rings. The second kappa shape index (κ2) is 3.86. The number of nitrogens with zero attached hydrogens (tertiary/aromatic N) is 3. The predicted molar refractivity (Wildman–Crippen MR) is 58.6 cm³/mol. The number of aromatic nitrogens is 3. The van der Waals surface area contributed by atoms with Gasteiger partial charge in [-0.3, -0.25) is 9.13 Å². The maximum Gasteiger partial charge on any atom is 0.330 e. The number of aryl methyl sites for hydroxylation is 2. The van der Waals surface area contributed by atoms with E-state index in [0.717, 1.165) is 17.6 Å². The zero-order chi connectivity index (χ0) is 10.8. The Kier molecular flexibility index (Phi) is 2.55. The Morgan fingerprint density at radius 2 is 2.33 bits per heavy atom. The molecule has 0 saturated carbocycles. The summed E-state index contributed by atoms with van der Waals surface area (Å²) < 4.78 is 3.28. The second-order valence-electron chi connectivity index (χ2n) is 3.48. The lowest BCUT2D eigenvalue weighted by atomic mass is 10.4. The van der Waals surface area contributed by atoms with E-state index in [1.165, 1.54) is 0 Å². The summed E-state index contributed by atoms with van der Waals surface area (Å²) in [5.41, 5.74) is 7.00. The zero-order valence-corrected chi connectivity index (χ0v) is 8.68. The Morgan fingerprint density at radius 3 is 3.07 bits per heavy atom. The van der Waals surface area contributed by atoms with Crippen LogP contribution in [0.4, 0.5) is 0 Å². The molecule has 2 heterocycles. The van der Waals surface area contributed by atoms with Crippen LogP contribution < -0.4 is 11.4 Å². The second-order valence-corrected chi connectivity index (χ2v) is 3.48. The van der Waals surface area contributed by atoms with Crippen LogP contribution in [0, 0.1) is 0 Å². The molecule has 2 N–H and O–H groups in total. The molecule has 0 aromatic carbocycles. The normalized spacial score (nSPS) is 11.1. The lowest BCUT2D eigenvalue weighted by Crippen LogP contribution is -2.23. The Hall–Kier alpha value is -1.62.